The van der Waals surface area contributed by atoms with Gasteiger partial charge in [-0.05, 0) is 56.2 Å². The molecule has 0 radical (unpaired) electrons. The molecule has 1 N–H and O–H groups in total. The minimum Gasteiger partial charge on any atom is -0.362 e. The molecule has 0 saturated carbocycles. The van der Waals surface area contributed by atoms with Gasteiger partial charge in [0.1, 0.15) is 11.4 Å². The fraction of sp³-hybridized carbons (Fsp3) is 0.710. The average Bonchev–Trinajstić information content (AvgIpc) is 3.63. The summed E-state index contributed by atoms with van der Waals surface area (Å²) in [5, 5.41) is 3.00. The maximum atomic E-state index is 13.5. The van der Waals surface area contributed by atoms with Crippen LogP contribution in [0.4, 0.5) is 0 Å². The van der Waals surface area contributed by atoms with E-state index < -0.39 is 23.5 Å². The molecule has 212 valence electrons. The summed E-state index contributed by atoms with van der Waals surface area (Å²) in [6, 6.07) is 3.03. The van der Waals surface area contributed by atoms with Gasteiger partial charge < -0.3 is 10.1 Å². The first-order valence-electron chi connectivity index (χ1n) is 14.5. The van der Waals surface area contributed by atoms with Gasteiger partial charge in [-0.3, -0.25) is 24.2 Å². The van der Waals surface area contributed by atoms with E-state index in [1.807, 2.05) is 32.9 Å². The number of aromatic nitrogens is 1. The fourth-order valence-electron chi connectivity index (χ4n) is 4.94. The Labute approximate surface area is 228 Å². The van der Waals surface area contributed by atoms with Gasteiger partial charge in [0.05, 0.1) is 12.6 Å². The molecule has 4 atom stereocenters. The quantitative estimate of drug-likeness (QED) is 0.179. The molecule has 1 aromatic heterocycles. The van der Waals surface area contributed by atoms with Crippen molar-refractivity contribution in [3.63, 3.8) is 0 Å². The van der Waals surface area contributed by atoms with Crippen LogP contribution in [-0.4, -0.2) is 46.5 Å². The van der Waals surface area contributed by atoms with Crippen LogP contribution in [0.15, 0.2) is 24.5 Å². The molecule has 1 aliphatic heterocycles. The van der Waals surface area contributed by atoms with E-state index in [1.165, 1.54) is 0 Å². The molecule has 0 aromatic carbocycles. The number of hydrogen-bond donors (Lipinski definition) is 1. The molecule has 1 amide bonds. The number of ketones is 3. The van der Waals surface area contributed by atoms with Gasteiger partial charge in [0.2, 0.25) is 5.91 Å². The van der Waals surface area contributed by atoms with Gasteiger partial charge in [0, 0.05) is 43.5 Å². The molecule has 0 bridgehead atoms. The second kappa shape index (κ2) is 15.9. The second-order valence-electron chi connectivity index (χ2n) is 11.5. The zero-order valence-electron chi connectivity index (χ0n) is 24.1. The van der Waals surface area contributed by atoms with Gasteiger partial charge >= 0.3 is 0 Å². The number of epoxide rings is 1. The van der Waals surface area contributed by atoms with Crippen LogP contribution in [0.5, 0.6) is 0 Å². The summed E-state index contributed by atoms with van der Waals surface area (Å²) >= 11 is 0. The molecule has 1 aliphatic rings. The molecule has 0 unspecified atom stereocenters. The number of carbonyl (C=O) groups is 4. The Balaban J connectivity index is 2.16. The van der Waals surface area contributed by atoms with E-state index in [2.05, 4.69) is 17.2 Å². The zero-order chi connectivity index (χ0) is 28.1. The molecule has 38 heavy (non-hydrogen) atoms. The highest BCUT2D eigenvalue weighted by Crippen LogP contribution is 2.34. The fourth-order valence-corrected chi connectivity index (χ4v) is 4.94. The average molecular weight is 529 g/mol. The standard InChI is InChI=1S/C31H48N2O5/c1-6-8-10-11-26(34)19-25(18-23-13-15-32-16-14-23)30(37)33-27(12-9-7-2)28(35)20-24(17-22(3)4)29(36)31(5)21-38-31/h13-16,22,24-25,27H,6-12,17-21H2,1-5H3,(H,33,37)/t24-,25-,27+,31-/m1/s1. The third kappa shape index (κ3) is 10.8. The van der Waals surface area contributed by atoms with E-state index in [-0.39, 0.29) is 42.0 Å². The first-order valence-corrected chi connectivity index (χ1v) is 14.5. The van der Waals surface area contributed by atoms with E-state index >= 15 is 0 Å². The number of pyridine rings is 1. The lowest BCUT2D eigenvalue weighted by molar-refractivity contribution is -0.135. The Bertz CT molecular complexity index is 910. The van der Waals surface area contributed by atoms with E-state index in [0.717, 1.165) is 37.7 Å². The highest BCUT2D eigenvalue weighted by molar-refractivity contribution is 5.97. The van der Waals surface area contributed by atoms with Crippen molar-refractivity contribution in [2.75, 3.05) is 6.61 Å². The highest BCUT2D eigenvalue weighted by atomic mass is 16.6. The highest BCUT2D eigenvalue weighted by Gasteiger charge is 2.50. The number of ether oxygens (including phenoxy) is 1. The molecular formula is C31H48N2O5. The lowest BCUT2D eigenvalue weighted by Gasteiger charge is -2.25. The second-order valence-corrected chi connectivity index (χ2v) is 11.5. The van der Waals surface area contributed by atoms with Crippen molar-refractivity contribution >= 4 is 23.3 Å². The minimum absolute atomic E-state index is 0.0200. The summed E-state index contributed by atoms with van der Waals surface area (Å²) in [7, 11) is 0. The van der Waals surface area contributed by atoms with Gasteiger partial charge in [-0.25, -0.2) is 0 Å². The first-order chi connectivity index (χ1) is 18.1. The van der Waals surface area contributed by atoms with Crippen LogP contribution in [0, 0.1) is 17.8 Å². The lowest BCUT2D eigenvalue weighted by Crippen LogP contribution is -2.46. The number of hydrogen-bond acceptors (Lipinski definition) is 6. The van der Waals surface area contributed by atoms with Crippen molar-refractivity contribution in [1.29, 1.82) is 0 Å². The van der Waals surface area contributed by atoms with Crippen LogP contribution in [0.3, 0.4) is 0 Å². The van der Waals surface area contributed by atoms with Crippen molar-refractivity contribution in [2.24, 2.45) is 17.8 Å². The summed E-state index contributed by atoms with van der Waals surface area (Å²) in [6.45, 7) is 10.4. The molecule has 2 heterocycles. The Morgan fingerprint density at radius 1 is 1.00 bits per heavy atom. The maximum Gasteiger partial charge on any atom is 0.224 e. The monoisotopic (exact) mass is 528 g/mol. The predicted octanol–water partition coefficient (Wildman–Crippen LogP) is 5.43. The van der Waals surface area contributed by atoms with Crippen LogP contribution in [0.25, 0.3) is 0 Å². The normalized spacial score (nSPS) is 19.0. The molecule has 1 fully saturated rings. The molecule has 1 saturated heterocycles. The van der Waals surface area contributed by atoms with Gasteiger partial charge in [-0.15, -0.1) is 0 Å². The summed E-state index contributed by atoms with van der Waals surface area (Å²) < 4.78 is 5.38. The van der Waals surface area contributed by atoms with Gasteiger partial charge in [-0.1, -0.05) is 53.4 Å². The van der Waals surface area contributed by atoms with E-state index in [4.69, 9.17) is 4.74 Å². The maximum absolute atomic E-state index is 13.5. The predicted molar refractivity (Wildman–Crippen MR) is 149 cm³/mol. The Morgan fingerprint density at radius 2 is 1.66 bits per heavy atom. The number of nitrogens with zero attached hydrogens (tertiary/aromatic N) is 1. The van der Waals surface area contributed by atoms with Crippen LogP contribution < -0.4 is 5.32 Å². The SMILES string of the molecule is CCCCCC(=O)C[C@@H](Cc1ccncc1)C(=O)N[C@@H](CCCC)C(=O)C[C@@H](CC(C)C)C(=O)[C@@]1(C)CO1. The summed E-state index contributed by atoms with van der Waals surface area (Å²) in [6.07, 6.45) is 10.1. The molecular weight excluding hydrogens is 480 g/mol. The molecule has 1 aromatic rings. The molecule has 0 spiro atoms. The minimum atomic E-state index is -0.782. The number of rotatable bonds is 20. The third-order valence-electron chi connectivity index (χ3n) is 7.36. The Hall–Kier alpha value is -2.41. The van der Waals surface area contributed by atoms with Crippen LogP contribution in [0.1, 0.15) is 104 Å². The number of amides is 1. The van der Waals surface area contributed by atoms with Crippen molar-refractivity contribution in [3.8, 4) is 0 Å². The van der Waals surface area contributed by atoms with Crippen molar-refractivity contribution < 1.29 is 23.9 Å². The van der Waals surface area contributed by atoms with Crippen LogP contribution >= 0.6 is 0 Å². The van der Waals surface area contributed by atoms with Crippen LogP contribution in [0.2, 0.25) is 0 Å². The number of Topliss-reactive ketones (excluding diaryl/α,β-unsaturated/α-hetero) is 3. The van der Waals surface area contributed by atoms with Gasteiger partial charge in [0.15, 0.2) is 11.6 Å². The summed E-state index contributed by atoms with van der Waals surface area (Å²) in [4.78, 5) is 56.9. The zero-order valence-corrected chi connectivity index (χ0v) is 24.1. The lowest BCUT2D eigenvalue weighted by atomic mass is 9.82. The van der Waals surface area contributed by atoms with Crippen molar-refractivity contribution in [3.05, 3.63) is 30.1 Å². The number of nitrogens with one attached hydrogen (secondary N) is 1. The summed E-state index contributed by atoms with van der Waals surface area (Å²) in [5.74, 6) is -1.07. The summed E-state index contributed by atoms with van der Waals surface area (Å²) in [5.41, 5.74) is 0.147. The Morgan fingerprint density at radius 3 is 2.24 bits per heavy atom. The Kier molecular flexibility index (Phi) is 13.3. The first kappa shape index (κ1) is 31.8. The van der Waals surface area contributed by atoms with Gasteiger partial charge in [0.25, 0.3) is 0 Å². The largest absolute Gasteiger partial charge is 0.362 e. The van der Waals surface area contributed by atoms with Crippen molar-refractivity contribution in [2.45, 2.75) is 117 Å². The van der Waals surface area contributed by atoms with E-state index in [9.17, 15) is 19.2 Å². The smallest absolute Gasteiger partial charge is 0.224 e. The third-order valence-corrected chi connectivity index (χ3v) is 7.36. The number of carbonyl (C=O) groups excluding carboxylic acids is 4. The molecule has 2 rings (SSSR count). The van der Waals surface area contributed by atoms with E-state index in [1.54, 1.807) is 19.3 Å². The molecule has 7 heteroatoms. The van der Waals surface area contributed by atoms with Gasteiger partial charge in [-0.2, -0.15) is 0 Å². The van der Waals surface area contributed by atoms with Crippen LogP contribution in [-0.2, 0) is 30.3 Å². The van der Waals surface area contributed by atoms with Crippen molar-refractivity contribution in [1.82, 2.24) is 10.3 Å². The molecule has 0 aliphatic carbocycles. The molecule has 7 nitrogen and oxygen atoms in total. The number of unbranched alkanes of at least 4 members (excludes halogenated alkanes) is 3. The topological polar surface area (TPSA) is 106 Å². The van der Waals surface area contributed by atoms with E-state index in [0.29, 0.717) is 32.3 Å².